The quantitative estimate of drug-likeness (QED) is 0.363. The summed E-state index contributed by atoms with van der Waals surface area (Å²) >= 11 is 0. The molecule has 1 amide bonds. The van der Waals surface area contributed by atoms with Gasteiger partial charge in [0, 0.05) is 25.2 Å². The standard InChI is InChI=1S/C31H35NO5/c1-22-18-23(2)20-25(19-22)31(14-16-36-17-15-31)32-30(34)28-21-27(37-26-9-5-4-6-10-26)13-12-24(28)8-7-11-29(33)35-3/h4-6,9-10,12-13,18-21H,7-8,11,14-17H2,1-3H3,(H,32,34). The normalized spacial score (nSPS) is 14.6. The number of nitrogens with one attached hydrogen (secondary N) is 1. The minimum absolute atomic E-state index is 0.160. The van der Waals surface area contributed by atoms with E-state index in [9.17, 15) is 9.59 Å². The number of ether oxygens (including phenoxy) is 3. The predicted molar refractivity (Wildman–Crippen MR) is 143 cm³/mol. The Labute approximate surface area is 218 Å². The zero-order chi connectivity index (χ0) is 26.3. The zero-order valence-electron chi connectivity index (χ0n) is 21.8. The van der Waals surface area contributed by atoms with E-state index < -0.39 is 5.54 Å². The molecule has 1 heterocycles. The van der Waals surface area contributed by atoms with Crippen LogP contribution < -0.4 is 10.1 Å². The molecule has 37 heavy (non-hydrogen) atoms. The van der Waals surface area contributed by atoms with Crippen molar-refractivity contribution in [2.45, 2.75) is 51.5 Å². The van der Waals surface area contributed by atoms with E-state index in [1.165, 1.54) is 7.11 Å². The fraction of sp³-hybridized carbons (Fsp3) is 0.355. The molecule has 0 radical (unpaired) electrons. The molecule has 3 aromatic rings. The average molecular weight is 502 g/mol. The minimum Gasteiger partial charge on any atom is -0.469 e. The van der Waals surface area contributed by atoms with Crippen molar-refractivity contribution < 1.29 is 23.8 Å². The van der Waals surface area contributed by atoms with E-state index >= 15 is 0 Å². The molecule has 0 bridgehead atoms. The summed E-state index contributed by atoms with van der Waals surface area (Å²) in [5, 5.41) is 3.40. The zero-order valence-corrected chi connectivity index (χ0v) is 21.8. The van der Waals surface area contributed by atoms with Gasteiger partial charge in [-0.05, 0) is 74.9 Å². The Morgan fingerprint density at radius 3 is 2.30 bits per heavy atom. The van der Waals surface area contributed by atoms with Crippen LogP contribution in [0, 0.1) is 13.8 Å². The molecule has 0 saturated carbocycles. The maximum atomic E-state index is 13.9. The first kappa shape index (κ1) is 26.4. The molecule has 6 nitrogen and oxygen atoms in total. The number of carbonyl (C=O) groups excluding carboxylic acids is 2. The molecule has 0 aromatic heterocycles. The van der Waals surface area contributed by atoms with Gasteiger partial charge in [0.05, 0.1) is 12.6 Å². The first-order valence-corrected chi connectivity index (χ1v) is 12.8. The lowest BCUT2D eigenvalue weighted by Gasteiger charge is -2.39. The lowest BCUT2D eigenvalue weighted by atomic mass is 9.81. The molecular formula is C31H35NO5. The van der Waals surface area contributed by atoms with E-state index in [0.717, 1.165) is 22.3 Å². The Bertz CT molecular complexity index is 1210. The molecule has 1 saturated heterocycles. The van der Waals surface area contributed by atoms with Crippen molar-refractivity contribution in [3.8, 4) is 11.5 Å². The molecule has 0 unspecified atom stereocenters. The highest BCUT2D eigenvalue weighted by Crippen LogP contribution is 2.34. The molecule has 0 spiro atoms. The SMILES string of the molecule is COC(=O)CCCc1ccc(Oc2ccccc2)cc1C(=O)NC1(c2cc(C)cc(C)c2)CCOCC1. The third-order valence-corrected chi connectivity index (χ3v) is 6.83. The highest BCUT2D eigenvalue weighted by Gasteiger charge is 2.37. The topological polar surface area (TPSA) is 73.9 Å². The second-order valence-corrected chi connectivity index (χ2v) is 9.69. The molecule has 4 rings (SSSR count). The summed E-state index contributed by atoms with van der Waals surface area (Å²) in [6.45, 7) is 5.32. The van der Waals surface area contributed by atoms with E-state index in [-0.39, 0.29) is 11.9 Å². The first-order valence-electron chi connectivity index (χ1n) is 12.8. The van der Waals surface area contributed by atoms with Gasteiger partial charge >= 0.3 is 5.97 Å². The number of hydrogen-bond donors (Lipinski definition) is 1. The Morgan fingerprint density at radius 2 is 1.62 bits per heavy atom. The average Bonchev–Trinajstić information content (AvgIpc) is 2.89. The van der Waals surface area contributed by atoms with Crippen LogP contribution in [0.25, 0.3) is 0 Å². The summed E-state index contributed by atoms with van der Waals surface area (Å²) in [6, 6.07) is 21.5. The number of rotatable bonds is 9. The number of methoxy groups -OCH3 is 1. The molecule has 1 aliphatic rings. The van der Waals surface area contributed by atoms with Crippen LogP contribution in [0.4, 0.5) is 0 Å². The van der Waals surface area contributed by atoms with E-state index in [4.69, 9.17) is 14.2 Å². The fourth-order valence-electron chi connectivity index (χ4n) is 4.94. The van der Waals surface area contributed by atoms with Crippen molar-refractivity contribution in [3.63, 3.8) is 0 Å². The Balaban J connectivity index is 1.66. The number of carbonyl (C=O) groups is 2. The summed E-state index contributed by atoms with van der Waals surface area (Å²) in [4.78, 5) is 25.6. The monoisotopic (exact) mass is 501 g/mol. The summed E-state index contributed by atoms with van der Waals surface area (Å²) in [7, 11) is 1.39. The first-order chi connectivity index (χ1) is 17.9. The van der Waals surface area contributed by atoms with Gasteiger partial charge in [0.2, 0.25) is 0 Å². The van der Waals surface area contributed by atoms with Gasteiger partial charge in [-0.1, -0.05) is 53.6 Å². The molecular weight excluding hydrogens is 466 g/mol. The van der Waals surface area contributed by atoms with Gasteiger partial charge < -0.3 is 19.5 Å². The summed E-state index contributed by atoms with van der Waals surface area (Å²) in [5.41, 5.74) is 4.32. The smallest absolute Gasteiger partial charge is 0.305 e. The second-order valence-electron chi connectivity index (χ2n) is 9.69. The fourth-order valence-corrected chi connectivity index (χ4v) is 4.94. The molecule has 1 N–H and O–H groups in total. The van der Waals surface area contributed by atoms with Crippen LogP contribution in [0.1, 0.15) is 58.3 Å². The van der Waals surface area contributed by atoms with Crippen LogP contribution in [0.5, 0.6) is 11.5 Å². The Morgan fingerprint density at radius 1 is 0.919 bits per heavy atom. The largest absolute Gasteiger partial charge is 0.469 e. The third kappa shape index (κ3) is 6.77. The lowest BCUT2D eigenvalue weighted by molar-refractivity contribution is -0.140. The van der Waals surface area contributed by atoms with Crippen LogP contribution in [0.2, 0.25) is 0 Å². The van der Waals surface area contributed by atoms with Crippen LogP contribution in [0.15, 0.2) is 66.7 Å². The maximum Gasteiger partial charge on any atom is 0.305 e. The van der Waals surface area contributed by atoms with Gasteiger partial charge in [-0.3, -0.25) is 9.59 Å². The molecule has 6 heteroatoms. The van der Waals surface area contributed by atoms with Crippen molar-refractivity contribution in [3.05, 3.63) is 94.5 Å². The number of benzene rings is 3. The molecule has 1 aliphatic heterocycles. The number of hydrogen-bond acceptors (Lipinski definition) is 5. The van der Waals surface area contributed by atoms with E-state index in [1.807, 2.05) is 42.5 Å². The van der Waals surface area contributed by atoms with Crippen LogP contribution in [-0.2, 0) is 26.2 Å². The van der Waals surface area contributed by atoms with E-state index in [0.29, 0.717) is 62.4 Å². The Hall–Kier alpha value is -3.64. The van der Waals surface area contributed by atoms with Crippen molar-refractivity contribution in [2.75, 3.05) is 20.3 Å². The summed E-state index contributed by atoms with van der Waals surface area (Å²) in [5.74, 6) is 0.863. The van der Waals surface area contributed by atoms with Crippen molar-refractivity contribution in [2.24, 2.45) is 0 Å². The van der Waals surface area contributed by atoms with Gasteiger partial charge in [-0.15, -0.1) is 0 Å². The van der Waals surface area contributed by atoms with Gasteiger partial charge in [-0.25, -0.2) is 0 Å². The van der Waals surface area contributed by atoms with Crippen molar-refractivity contribution in [1.82, 2.24) is 5.32 Å². The molecule has 3 aromatic carbocycles. The molecule has 1 fully saturated rings. The van der Waals surface area contributed by atoms with Crippen molar-refractivity contribution >= 4 is 11.9 Å². The van der Waals surface area contributed by atoms with Crippen LogP contribution in [0.3, 0.4) is 0 Å². The molecule has 194 valence electrons. The summed E-state index contributed by atoms with van der Waals surface area (Å²) < 4.78 is 16.5. The highest BCUT2D eigenvalue weighted by atomic mass is 16.5. The van der Waals surface area contributed by atoms with Crippen LogP contribution in [-0.4, -0.2) is 32.2 Å². The van der Waals surface area contributed by atoms with Gasteiger partial charge in [0.1, 0.15) is 11.5 Å². The predicted octanol–water partition coefficient (Wildman–Crippen LogP) is 6.03. The third-order valence-electron chi connectivity index (χ3n) is 6.83. The number of amides is 1. The Kier molecular flexibility index (Phi) is 8.62. The van der Waals surface area contributed by atoms with E-state index in [1.54, 1.807) is 6.07 Å². The second kappa shape index (κ2) is 12.1. The van der Waals surface area contributed by atoms with Gasteiger partial charge in [0.15, 0.2) is 0 Å². The summed E-state index contributed by atoms with van der Waals surface area (Å²) in [6.07, 6.45) is 2.84. The molecule has 0 aliphatic carbocycles. The van der Waals surface area contributed by atoms with Crippen molar-refractivity contribution in [1.29, 1.82) is 0 Å². The number of esters is 1. The molecule has 0 atom stereocenters. The van der Waals surface area contributed by atoms with E-state index in [2.05, 4.69) is 37.4 Å². The number of aryl methyl sites for hydroxylation is 3. The minimum atomic E-state index is -0.522. The van der Waals surface area contributed by atoms with Gasteiger partial charge in [-0.2, -0.15) is 0 Å². The highest BCUT2D eigenvalue weighted by molar-refractivity contribution is 5.96. The maximum absolute atomic E-state index is 13.9. The van der Waals surface area contributed by atoms with Crippen LogP contribution >= 0.6 is 0 Å². The lowest BCUT2D eigenvalue weighted by Crippen LogP contribution is -2.49. The van der Waals surface area contributed by atoms with Gasteiger partial charge in [0.25, 0.3) is 5.91 Å². The number of para-hydroxylation sites is 1.